The number of carbonyl (C=O) groups excluding carboxylic acids is 1. The molecule has 0 bridgehead atoms. The highest BCUT2D eigenvalue weighted by Gasteiger charge is 2.09. The van der Waals surface area contributed by atoms with E-state index in [9.17, 15) is 4.79 Å². The molecule has 0 aliphatic carbocycles. The molecule has 3 rings (SSSR count). The van der Waals surface area contributed by atoms with Gasteiger partial charge in [-0.15, -0.1) is 0 Å². The molecule has 0 aliphatic rings. The number of rotatable bonds is 7. The third-order valence-electron chi connectivity index (χ3n) is 4.73. The number of nitrogens with one attached hydrogen (secondary N) is 1. The first-order valence-electron chi connectivity index (χ1n) is 8.91. The van der Waals surface area contributed by atoms with Gasteiger partial charge in [-0.1, -0.05) is 6.07 Å². The summed E-state index contributed by atoms with van der Waals surface area (Å²) in [4.78, 5) is 16.7. The molecule has 1 heterocycles. The number of nitrogens with zero attached hydrogens (tertiary/aromatic N) is 2. The van der Waals surface area contributed by atoms with Crippen molar-refractivity contribution in [3.05, 3.63) is 53.3 Å². The lowest BCUT2D eigenvalue weighted by molar-refractivity contribution is -0.121. The second kappa shape index (κ2) is 8.12. The molecule has 1 aromatic heterocycles. The first kappa shape index (κ1) is 18.8. The minimum atomic E-state index is -0.0343. The van der Waals surface area contributed by atoms with Crippen molar-refractivity contribution in [2.45, 2.75) is 26.8 Å². The van der Waals surface area contributed by atoms with E-state index in [0.717, 1.165) is 23.0 Å². The van der Waals surface area contributed by atoms with Crippen LogP contribution in [0, 0.1) is 13.8 Å². The first-order chi connectivity index (χ1) is 13.0. The fourth-order valence-corrected chi connectivity index (χ4v) is 3.03. The fraction of sp³-hybridized carbons (Fsp3) is 0.333. The van der Waals surface area contributed by atoms with E-state index in [2.05, 4.69) is 36.3 Å². The van der Waals surface area contributed by atoms with Crippen LogP contribution in [0.5, 0.6) is 11.5 Å². The van der Waals surface area contributed by atoms with E-state index < -0.39 is 0 Å². The minimum absolute atomic E-state index is 0.0343. The number of aromatic nitrogens is 2. The van der Waals surface area contributed by atoms with E-state index in [1.807, 2.05) is 22.8 Å². The average Bonchev–Trinajstić information content (AvgIpc) is 3.03. The Balaban J connectivity index is 1.58. The molecular weight excluding hydrogens is 342 g/mol. The van der Waals surface area contributed by atoms with E-state index in [-0.39, 0.29) is 12.5 Å². The molecule has 142 valence electrons. The van der Waals surface area contributed by atoms with Crippen molar-refractivity contribution < 1.29 is 14.3 Å². The van der Waals surface area contributed by atoms with Gasteiger partial charge in [0, 0.05) is 6.54 Å². The fourth-order valence-electron chi connectivity index (χ4n) is 3.03. The summed E-state index contributed by atoms with van der Waals surface area (Å²) in [7, 11) is 3.22. The predicted molar refractivity (Wildman–Crippen MR) is 105 cm³/mol. The van der Waals surface area contributed by atoms with Gasteiger partial charge in [0.05, 0.1) is 31.6 Å². The molecule has 0 atom stereocenters. The Labute approximate surface area is 159 Å². The lowest BCUT2D eigenvalue weighted by Crippen LogP contribution is -2.29. The van der Waals surface area contributed by atoms with Crippen molar-refractivity contribution in [1.82, 2.24) is 14.9 Å². The summed E-state index contributed by atoms with van der Waals surface area (Å²) in [6.45, 7) is 4.94. The first-order valence-corrected chi connectivity index (χ1v) is 8.91. The highest BCUT2D eigenvalue weighted by Crippen LogP contribution is 2.27. The maximum Gasteiger partial charge on any atom is 0.240 e. The molecule has 0 spiro atoms. The zero-order valence-electron chi connectivity index (χ0n) is 16.2. The number of benzene rings is 2. The van der Waals surface area contributed by atoms with E-state index in [1.165, 1.54) is 11.1 Å². The zero-order chi connectivity index (χ0) is 19.4. The molecule has 6 nitrogen and oxygen atoms in total. The van der Waals surface area contributed by atoms with Crippen molar-refractivity contribution in [2.75, 3.05) is 20.8 Å². The van der Waals surface area contributed by atoms with Gasteiger partial charge >= 0.3 is 0 Å². The standard InChI is InChI=1S/C21H25N3O3/c1-14-9-17-18(10-15(14)2)24(13-23-17)12-21(25)22-8-7-16-5-6-19(26-3)20(11-16)27-4/h5-6,9-11,13H,7-8,12H2,1-4H3,(H,22,25). The van der Waals surface area contributed by atoms with Crippen molar-refractivity contribution >= 4 is 16.9 Å². The third-order valence-corrected chi connectivity index (χ3v) is 4.73. The van der Waals surface area contributed by atoms with Crippen molar-refractivity contribution in [3.8, 4) is 11.5 Å². The summed E-state index contributed by atoms with van der Waals surface area (Å²) in [5.74, 6) is 1.35. The second-order valence-corrected chi connectivity index (χ2v) is 6.59. The molecule has 0 saturated carbocycles. The van der Waals surface area contributed by atoms with Crippen LogP contribution < -0.4 is 14.8 Å². The SMILES string of the molecule is COc1ccc(CCNC(=O)Cn2cnc3cc(C)c(C)cc32)cc1OC. The number of carbonyl (C=O) groups is 1. The quantitative estimate of drug-likeness (QED) is 0.697. The monoisotopic (exact) mass is 367 g/mol. The van der Waals surface area contributed by atoms with Crippen molar-refractivity contribution in [3.63, 3.8) is 0 Å². The molecule has 0 saturated heterocycles. The Morgan fingerprint density at radius 2 is 1.81 bits per heavy atom. The molecule has 0 radical (unpaired) electrons. The smallest absolute Gasteiger partial charge is 0.240 e. The van der Waals surface area contributed by atoms with Gasteiger partial charge in [-0.2, -0.15) is 0 Å². The zero-order valence-corrected chi connectivity index (χ0v) is 16.2. The van der Waals surface area contributed by atoms with Crippen LogP contribution in [-0.2, 0) is 17.8 Å². The molecule has 1 amide bonds. The maximum absolute atomic E-state index is 12.3. The number of aryl methyl sites for hydroxylation is 2. The van der Waals surface area contributed by atoms with Gasteiger partial charge < -0.3 is 19.4 Å². The largest absolute Gasteiger partial charge is 0.493 e. The molecule has 0 unspecified atom stereocenters. The predicted octanol–water partition coefficient (Wildman–Crippen LogP) is 3.03. The van der Waals surface area contributed by atoms with Gasteiger partial charge in [0.25, 0.3) is 0 Å². The number of amides is 1. The lowest BCUT2D eigenvalue weighted by Gasteiger charge is -2.10. The number of fused-ring (bicyclic) bond motifs is 1. The molecule has 3 aromatic rings. The van der Waals surface area contributed by atoms with Gasteiger partial charge in [0.15, 0.2) is 11.5 Å². The summed E-state index contributed by atoms with van der Waals surface area (Å²) < 4.78 is 12.4. The number of hydrogen-bond donors (Lipinski definition) is 1. The molecule has 2 aromatic carbocycles. The van der Waals surface area contributed by atoms with Crippen LogP contribution in [0.2, 0.25) is 0 Å². The Bertz CT molecular complexity index is 963. The van der Waals surface area contributed by atoms with Gasteiger partial charge in [-0.25, -0.2) is 4.98 Å². The summed E-state index contributed by atoms with van der Waals surface area (Å²) >= 11 is 0. The van der Waals surface area contributed by atoms with Crippen LogP contribution in [0.4, 0.5) is 0 Å². The van der Waals surface area contributed by atoms with Gasteiger partial charge in [0.2, 0.25) is 5.91 Å². The minimum Gasteiger partial charge on any atom is -0.493 e. The summed E-state index contributed by atoms with van der Waals surface area (Å²) in [5.41, 5.74) is 5.36. The normalized spacial score (nSPS) is 10.8. The van der Waals surface area contributed by atoms with Crippen LogP contribution >= 0.6 is 0 Å². The van der Waals surface area contributed by atoms with E-state index in [0.29, 0.717) is 18.0 Å². The maximum atomic E-state index is 12.3. The highest BCUT2D eigenvalue weighted by molar-refractivity contribution is 5.81. The third kappa shape index (κ3) is 4.22. The van der Waals surface area contributed by atoms with Crippen molar-refractivity contribution in [2.24, 2.45) is 0 Å². The van der Waals surface area contributed by atoms with Crippen LogP contribution in [0.15, 0.2) is 36.7 Å². The summed E-state index contributed by atoms with van der Waals surface area (Å²) in [6.07, 6.45) is 2.44. The average molecular weight is 367 g/mol. The molecular formula is C21H25N3O3. The molecule has 27 heavy (non-hydrogen) atoms. The number of methoxy groups -OCH3 is 2. The Hall–Kier alpha value is -3.02. The molecule has 0 fully saturated rings. The van der Waals surface area contributed by atoms with Crippen LogP contribution in [0.25, 0.3) is 11.0 Å². The van der Waals surface area contributed by atoms with Gasteiger partial charge in [0.1, 0.15) is 6.54 Å². The Kier molecular flexibility index (Phi) is 5.64. The summed E-state index contributed by atoms with van der Waals surface area (Å²) in [6, 6.07) is 9.91. The van der Waals surface area contributed by atoms with Gasteiger partial charge in [-0.05, 0) is 61.2 Å². The highest BCUT2D eigenvalue weighted by atomic mass is 16.5. The van der Waals surface area contributed by atoms with E-state index in [1.54, 1.807) is 20.5 Å². The van der Waals surface area contributed by atoms with Crippen molar-refractivity contribution in [1.29, 1.82) is 0 Å². The lowest BCUT2D eigenvalue weighted by atomic mass is 10.1. The summed E-state index contributed by atoms with van der Waals surface area (Å²) in [5, 5.41) is 2.97. The Morgan fingerprint density at radius 3 is 2.56 bits per heavy atom. The van der Waals surface area contributed by atoms with Crippen LogP contribution in [0.3, 0.4) is 0 Å². The number of hydrogen-bond acceptors (Lipinski definition) is 4. The Morgan fingerprint density at radius 1 is 1.07 bits per heavy atom. The van der Waals surface area contributed by atoms with E-state index in [4.69, 9.17) is 9.47 Å². The van der Waals surface area contributed by atoms with E-state index >= 15 is 0 Å². The molecule has 1 N–H and O–H groups in total. The number of imidazole rings is 1. The number of ether oxygens (including phenoxy) is 2. The second-order valence-electron chi connectivity index (χ2n) is 6.59. The molecule has 6 heteroatoms. The van der Waals surface area contributed by atoms with Gasteiger partial charge in [-0.3, -0.25) is 4.79 Å². The van der Waals surface area contributed by atoms with Crippen LogP contribution in [0.1, 0.15) is 16.7 Å². The topological polar surface area (TPSA) is 65.4 Å². The molecule has 0 aliphatic heterocycles. The van der Waals surface area contributed by atoms with Crippen LogP contribution in [-0.4, -0.2) is 36.2 Å².